The number of thiocarbonyl (C=S) groups is 1. The van der Waals surface area contributed by atoms with Crippen molar-refractivity contribution in [1.29, 1.82) is 0 Å². The molecule has 0 aliphatic carbocycles. The quantitative estimate of drug-likeness (QED) is 0.383. The summed E-state index contributed by atoms with van der Waals surface area (Å²) in [5.41, 5.74) is 3.88. The number of benzene rings is 1. The zero-order valence-electron chi connectivity index (χ0n) is 16.2. The van der Waals surface area contributed by atoms with Crippen molar-refractivity contribution in [1.82, 2.24) is 14.9 Å². The van der Waals surface area contributed by atoms with Gasteiger partial charge >= 0.3 is 0 Å². The molecular formula is C22H17ClN4O2S. The van der Waals surface area contributed by atoms with Crippen LogP contribution in [0.5, 0.6) is 0 Å². The number of halogens is 1. The highest BCUT2D eigenvalue weighted by Crippen LogP contribution is 2.30. The zero-order chi connectivity index (χ0) is 21.4. The molecule has 3 heterocycles. The molecule has 8 heteroatoms. The van der Waals surface area contributed by atoms with Gasteiger partial charge < -0.3 is 4.57 Å². The van der Waals surface area contributed by atoms with E-state index in [1.807, 2.05) is 36.6 Å². The van der Waals surface area contributed by atoms with Gasteiger partial charge in [-0.05, 0) is 68.0 Å². The minimum absolute atomic E-state index is 0.00363. The fourth-order valence-electron chi connectivity index (χ4n) is 3.48. The Balaban J connectivity index is 1.78. The van der Waals surface area contributed by atoms with Crippen LogP contribution >= 0.6 is 23.8 Å². The fraction of sp³-hybridized carbons (Fsp3) is 0.0909. The van der Waals surface area contributed by atoms with E-state index < -0.39 is 11.8 Å². The molecule has 30 heavy (non-hydrogen) atoms. The second kappa shape index (κ2) is 7.85. The summed E-state index contributed by atoms with van der Waals surface area (Å²) in [4.78, 5) is 31.2. The SMILES string of the molecule is Cc1cc(/C=C2\C(=O)NC(=S)N(c3ccccc3Cl)C2=O)c(C)n1-c1cccnc1. The lowest BCUT2D eigenvalue weighted by molar-refractivity contribution is -0.122. The third-order valence-electron chi connectivity index (χ3n) is 4.87. The van der Waals surface area contributed by atoms with Crippen LogP contribution in [-0.2, 0) is 9.59 Å². The van der Waals surface area contributed by atoms with Crippen LogP contribution in [0.2, 0.25) is 5.02 Å². The molecule has 0 atom stereocenters. The Kier molecular flexibility index (Phi) is 5.24. The Morgan fingerprint density at radius 1 is 1.13 bits per heavy atom. The minimum Gasteiger partial charge on any atom is -0.316 e. The molecule has 0 saturated carbocycles. The summed E-state index contributed by atoms with van der Waals surface area (Å²) < 4.78 is 2.01. The summed E-state index contributed by atoms with van der Waals surface area (Å²) in [6.07, 6.45) is 5.04. The van der Waals surface area contributed by atoms with E-state index in [2.05, 4.69) is 10.3 Å². The van der Waals surface area contributed by atoms with Gasteiger partial charge in [0.15, 0.2) is 5.11 Å². The van der Waals surface area contributed by atoms with Crippen molar-refractivity contribution in [2.24, 2.45) is 0 Å². The Bertz CT molecular complexity index is 1220. The van der Waals surface area contributed by atoms with Crippen LogP contribution in [-0.4, -0.2) is 26.5 Å². The molecule has 1 aromatic carbocycles. The first-order valence-corrected chi connectivity index (χ1v) is 9.92. The predicted octanol–water partition coefficient (Wildman–Crippen LogP) is 3.97. The van der Waals surface area contributed by atoms with Crippen molar-refractivity contribution in [2.45, 2.75) is 13.8 Å². The van der Waals surface area contributed by atoms with E-state index in [1.54, 1.807) is 42.7 Å². The third-order valence-corrected chi connectivity index (χ3v) is 5.47. The summed E-state index contributed by atoms with van der Waals surface area (Å²) in [5, 5.41) is 2.94. The first kappa shape index (κ1) is 20.0. The maximum Gasteiger partial charge on any atom is 0.270 e. The van der Waals surface area contributed by atoms with Crippen LogP contribution < -0.4 is 10.2 Å². The molecule has 150 valence electrons. The normalized spacial score (nSPS) is 15.6. The molecule has 2 amide bonds. The van der Waals surface area contributed by atoms with E-state index in [1.165, 1.54) is 4.90 Å². The van der Waals surface area contributed by atoms with E-state index >= 15 is 0 Å². The third kappa shape index (κ3) is 3.42. The highest BCUT2D eigenvalue weighted by atomic mass is 35.5. The zero-order valence-corrected chi connectivity index (χ0v) is 17.8. The molecular weight excluding hydrogens is 420 g/mol. The molecule has 4 rings (SSSR count). The number of para-hydroxylation sites is 1. The minimum atomic E-state index is -0.542. The molecule has 2 aromatic heterocycles. The number of nitrogens with one attached hydrogen (secondary N) is 1. The fourth-order valence-corrected chi connectivity index (χ4v) is 3.98. The number of aryl methyl sites for hydroxylation is 1. The van der Waals surface area contributed by atoms with Gasteiger partial charge in [-0.1, -0.05) is 23.7 Å². The number of carbonyl (C=O) groups excluding carboxylic acids is 2. The molecule has 0 unspecified atom stereocenters. The lowest BCUT2D eigenvalue weighted by atomic mass is 10.1. The summed E-state index contributed by atoms with van der Waals surface area (Å²) in [6.45, 7) is 3.88. The van der Waals surface area contributed by atoms with Gasteiger partial charge in [0.1, 0.15) is 5.57 Å². The van der Waals surface area contributed by atoms with Gasteiger partial charge in [-0.2, -0.15) is 0 Å². The van der Waals surface area contributed by atoms with E-state index in [0.717, 1.165) is 22.6 Å². The number of nitrogens with zero attached hydrogens (tertiary/aromatic N) is 3. The number of rotatable bonds is 3. The molecule has 1 saturated heterocycles. The smallest absolute Gasteiger partial charge is 0.270 e. The topological polar surface area (TPSA) is 67.2 Å². The summed E-state index contributed by atoms with van der Waals surface area (Å²) in [7, 11) is 0. The van der Waals surface area contributed by atoms with Gasteiger partial charge in [0.05, 0.1) is 22.6 Å². The van der Waals surface area contributed by atoms with Crippen LogP contribution in [0.15, 0.2) is 60.4 Å². The number of hydrogen-bond donors (Lipinski definition) is 1. The number of hydrogen-bond acceptors (Lipinski definition) is 4. The molecule has 0 radical (unpaired) electrons. The van der Waals surface area contributed by atoms with E-state index in [4.69, 9.17) is 23.8 Å². The number of anilines is 1. The summed E-state index contributed by atoms with van der Waals surface area (Å²) >= 11 is 11.5. The van der Waals surface area contributed by atoms with Crippen LogP contribution in [0.3, 0.4) is 0 Å². The van der Waals surface area contributed by atoms with Crippen molar-refractivity contribution in [2.75, 3.05) is 4.90 Å². The second-order valence-electron chi connectivity index (χ2n) is 6.78. The van der Waals surface area contributed by atoms with E-state index in [-0.39, 0.29) is 10.7 Å². The Morgan fingerprint density at radius 2 is 1.90 bits per heavy atom. The summed E-state index contributed by atoms with van der Waals surface area (Å²) in [6, 6.07) is 12.6. The van der Waals surface area contributed by atoms with Crippen LogP contribution in [0.25, 0.3) is 11.8 Å². The van der Waals surface area contributed by atoms with Gasteiger partial charge in [-0.3, -0.25) is 24.8 Å². The highest BCUT2D eigenvalue weighted by Gasteiger charge is 2.35. The highest BCUT2D eigenvalue weighted by molar-refractivity contribution is 7.80. The van der Waals surface area contributed by atoms with Crippen LogP contribution in [0.4, 0.5) is 5.69 Å². The molecule has 6 nitrogen and oxygen atoms in total. The van der Waals surface area contributed by atoms with Crippen molar-refractivity contribution in [3.05, 3.63) is 82.4 Å². The van der Waals surface area contributed by atoms with Gasteiger partial charge in [0.25, 0.3) is 11.8 Å². The Morgan fingerprint density at radius 3 is 2.60 bits per heavy atom. The first-order chi connectivity index (χ1) is 14.4. The lowest BCUT2D eigenvalue weighted by Crippen LogP contribution is -2.54. The first-order valence-electron chi connectivity index (χ1n) is 9.14. The standard InChI is InChI=1S/C22H17ClN4O2S/c1-13-10-15(14(2)26(13)16-6-5-9-24-12-16)11-17-20(28)25-22(30)27(21(17)29)19-8-4-3-7-18(19)23/h3-12H,1-2H3,(H,25,28,30)/b17-11+. The largest absolute Gasteiger partial charge is 0.316 e. The van der Waals surface area contributed by atoms with Crippen LogP contribution in [0.1, 0.15) is 17.0 Å². The number of carbonyl (C=O) groups is 2. The van der Waals surface area contributed by atoms with Gasteiger partial charge in [-0.25, -0.2) is 0 Å². The molecule has 1 aliphatic heterocycles. The van der Waals surface area contributed by atoms with E-state index in [9.17, 15) is 9.59 Å². The van der Waals surface area contributed by atoms with Crippen molar-refractivity contribution < 1.29 is 9.59 Å². The predicted molar refractivity (Wildman–Crippen MR) is 121 cm³/mol. The molecule has 1 N–H and O–H groups in total. The van der Waals surface area contributed by atoms with Gasteiger partial charge in [0, 0.05) is 17.6 Å². The number of aromatic nitrogens is 2. The van der Waals surface area contributed by atoms with Gasteiger partial charge in [-0.15, -0.1) is 0 Å². The van der Waals surface area contributed by atoms with Crippen molar-refractivity contribution in [3.8, 4) is 5.69 Å². The Hall–Kier alpha value is -3.29. The number of pyridine rings is 1. The molecule has 0 bridgehead atoms. The van der Waals surface area contributed by atoms with E-state index in [0.29, 0.717) is 10.7 Å². The summed E-state index contributed by atoms with van der Waals surface area (Å²) in [5.74, 6) is -1.07. The maximum atomic E-state index is 13.2. The Labute approximate surface area is 183 Å². The van der Waals surface area contributed by atoms with Gasteiger partial charge in [0.2, 0.25) is 0 Å². The molecule has 1 aliphatic rings. The molecule has 1 fully saturated rings. The number of amides is 2. The molecule has 3 aromatic rings. The second-order valence-corrected chi connectivity index (χ2v) is 7.58. The average Bonchev–Trinajstić information content (AvgIpc) is 3.00. The van der Waals surface area contributed by atoms with Crippen molar-refractivity contribution in [3.63, 3.8) is 0 Å². The monoisotopic (exact) mass is 436 g/mol. The average molecular weight is 437 g/mol. The molecule has 0 spiro atoms. The lowest BCUT2D eigenvalue weighted by Gasteiger charge is -2.29. The van der Waals surface area contributed by atoms with Crippen LogP contribution in [0, 0.1) is 13.8 Å². The van der Waals surface area contributed by atoms with Crippen molar-refractivity contribution >= 4 is 52.5 Å². The maximum absolute atomic E-state index is 13.2.